The molecule has 3 heterocycles. The monoisotopic (exact) mass is 292 g/mol. The lowest BCUT2D eigenvalue weighted by Gasteiger charge is -2.32. The van der Waals surface area contributed by atoms with Crippen LogP contribution in [0.3, 0.4) is 0 Å². The molecule has 2 N–H and O–H groups in total. The minimum absolute atomic E-state index is 0.351. The largest absolute Gasteiger partial charge is 0.388 e. The Kier molecular flexibility index (Phi) is 4.14. The van der Waals surface area contributed by atoms with Gasteiger partial charge in [0.05, 0.1) is 30.8 Å². The lowest BCUT2D eigenvalue weighted by atomic mass is 10.2. The van der Waals surface area contributed by atoms with Gasteiger partial charge < -0.3 is 15.4 Å². The highest BCUT2D eigenvalue weighted by Gasteiger charge is 2.28. The van der Waals surface area contributed by atoms with Crippen molar-refractivity contribution in [3.63, 3.8) is 0 Å². The van der Waals surface area contributed by atoms with Gasteiger partial charge in [0, 0.05) is 32.2 Å². The van der Waals surface area contributed by atoms with Gasteiger partial charge in [-0.3, -0.25) is 9.88 Å². The molecule has 0 aromatic carbocycles. The molecule has 2 fully saturated rings. The van der Waals surface area contributed by atoms with Gasteiger partial charge in [-0.05, 0) is 18.6 Å². The van der Waals surface area contributed by atoms with E-state index in [9.17, 15) is 0 Å². The maximum absolute atomic E-state index is 5.57. The molecular weight excluding hydrogens is 272 g/mol. The first-order valence-corrected chi connectivity index (χ1v) is 7.47. The number of hydrogen-bond donors (Lipinski definition) is 1. The van der Waals surface area contributed by atoms with E-state index in [1.165, 1.54) is 6.42 Å². The molecule has 108 valence electrons. The quantitative estimate of drug-likeness (QED) is 0.825. The number of hydrogen-bond acceptors (Lipinski definition) is 5. The molecule has 2 saturated heterocycles. The van der Waals surface area contributed by atoms with Crippen LogP contribution < -0.4 is 10.6 Å². The molecule has 5 nitrogen and oxygen atoms in total. The van der Waals surface area contributed by atoms with E-state index in [2.05, 4.69) is 20.9 Å². The van der Waals surface area contributed by atoms with E-state index in [1.54, 1.807) is 0 Å². The summed E-state index contributed by atoms with van der Waals surface area (Å²) in [4.78, 5) is 9.60. The van der Waals surface area contributed by atoms with E-state index in [0.717, 1.165) is 45.1 Å². The van der Waals surface area contributed by atoms with Crippen molar-refractivity contribution >= 4 is 22.9 Å². The van der Waals surface area contributed by atoms with Crippen molar-refractivity contribution in [1.82, 2.24) is 9.88 Å². The second-order valence-corrected chi connectivity index (χ2v) is 5.74. The van der Waals surface area contributed by atoms with E-state index in [-0.39, 0.29) is 0 Å². The highest BCUT2D eigenvalue weighted by Crippen LogP contribution is 2.23. The third-order valence-corrected chi connectivity index (χ3v) is 4.30. The number of nitrogens with two attached hydrogens (primary N) is 1. The number of rotatable bonds is 3. The summed E-state index contributed by atoms with van der Waals surface area (Å²) in [5, 5.41) is 0. The maximum Gasteiger partial charge on any atom is 0.122 e. The van der Waals surface area contributed by atoms with Crippen LogP contribution in [-0.2, 0) is 4.74 Å². The van der Waals surface area contributed by atoms with Crippen molar-refractivity contribution in [3.05, 3.63) is 24.0 Å². The zero-order chi connectivity index (χ0) is 13.9. The standard InChI is InChI=1S/C14H20N4OS/c15-14(20)13-2-1-11(9-16-13)18-4-3-12(10-18)17-5-7-19-8-6-17/h1-2,9,12H,3-8,10H2,(H2,15,20). The van der Waals surface area contributed by atoms with Crippen molar-refractivity contribution in [2.24, 2.45) is 5.73 Å². The topological polar surface area (TPSA) is 54.6 Å². The van der Waals surface area contributed by atoms with Crippen LogP contribution in [0.15, 0.2) is 18.3 Å². The molecule has 1 aromatic rings. The molecule has 0 aliphatic carbocycles. The lowest BCUT2D eigenvalue weighted by molar-refractivity contribution is 0.0209. The zero-order valence-electron chi connectivity index (χ0n) is 11.5. The average Bonchev–Trinajstić information content (AvgIpc) is 2.98. The van der Waals surface area contributed by atoms with Gasteiger partial charge in [-0.15, -0.1) is 0 Å². The Morgan fingerprint density at radius 3 is 2.75 bits per heavy atom. The van der Waals surface area contributed by atoms with E-state index in [4.69, 9.17) is 22.7 Å². The zero-order valence-corrected chi connectivity index (χ0v) is 12.3. The second-order valence-electron chi connectivity index (χ2n) is 5.30. The molecular formula is C14H20N4OS. The summed E-state index contributed by atoms with van der Waals surface area (Å²) in [5.74, 6) is 0. The highest BCUT2D eigenvalue weighted by atomic mass is 32.1. The number of anilines is 1. The van der Waals surface area contributed by atoms with Gasteiger partial charge in [0.1, 0.15) is 4.99 Å². The van der Waals surface area contributed by atoms with Gasteiger partial charge in [-0.1, -0.05) is 12.2 Å². The van der Waals surface area contributed by atoms with Crippen LogP contribution in [0.2, 0.25) is 0 Å². The Labute approximate surface area is 124 Å². The highest BCUT2D eigenvalue weighted by molar-refractivity contribution is 7.80. The van der Waals surface area contributed by atoms with Crippen LogP contribution in [0, 0.1) is 0 Å². The molecule has 0 bridgehead atoms. The summed E-state index contributed by atoms with van der Waals surface area (Å²) in [7, 11) is 0. The summed E-state index contributed by atoms with van der Waals surface area (Å²) < 4.78 is 5.42. The molecule has 1 atom stereocenters. The van der Waals surface area contributed by atoms with Crippen molar-refractivity contribution in [2.45, 2.75) is 12.5 Å². The number of thiocarbonyl (C=S) groups is 1. The van der Waals surface area contributed by atoms with Crippen molar-refractivity contribution in [2.75, 3.05) is 44.3 Å². The van der Waals surface area contributed by atoms with Gasteiger partial charge in [-0.2, -0.15) is 0 Å². The molecule has 2 aliphatic rings. The Hall–Kier alpha value is -1.24. The number of aromatic nitrogens is 1. The summed E-state index contributed by atoms with van der Waals surface area (Å²) in [6.45, 7) is 5.97. The maximum atomic E-state index is 5.57. The number of morpholine rings is 1. The van der Waals surface area contributed by atoms with Crippen LogP contribution in [-0.4, -0.2) is 60.3 Å². The van der Waals surface area contributed by atoms with Crippen molar-refractivity contribution in [3.8, 4) is 0 Å². The van der Waals surface area contributed by atoms with Crippen molar-refractivity contribution in [1.29, 1.82) is 0 Å². The molecule has 0 saturated carbocycles. The van der Waals surface area contributed by atoms with Crippen LogP contribution in [0.25, 0.3) is 0 Å². The molecule has 6 heteroatoms. The smallest absolute Gasteiger partial charge is 0.122 e. The molecule has 1 unspecified atom stereocenters. The van der Waals surface area contributed by atoms with E-state index < -0.39 is 0 Å². The fourth-order valence-corrected chi connectivity index (χ4v) is 3.06. The van der Waals surface area contributed by atoms with Crippen molar-refractivity contribution < 1.29 is 4.74 Å². The molecule has 20 heavy (non-hydrogen) atoms. The summed E-state index contributed by atoms with van der Waals surface area (Å²) in [6.07, 6.45) is 3.08. The van der Waals surface area contributed by atoms with Gasteiger partial charge in [0.2, 0.25) is 0 Å². The predicted octanol–water partition coefficient (Wildman–Crippen LogP) is 0.627. The lowest BCUT2D eigenvalue weighted by Crippen LogP contribution is -2.44. The van der Waals surface area contributed by atoms with Gasteiger partial charge in [-0.25, -0.2) is 0 Å². The Bertz CT molecular complexity index is 473. The molecule has 0 amide bonds. The number of pyridine rings is 1. The number of nitrogens with zero attached hydrogens (tertiary/aromatic N) is 3. The van der Waals surface area contributed by atoms with Crippen LogP contribution in [0.1, 0.15) is 12.1 Å². The third-order valence-electron chi connectivity index (χ3n) is 4.09. The molecule has 1 aromatic heterocycles. The van der Waals surface area contributed by atoms with Gasteiger partial charge in [0.25, 0.3) is 0 Å². The minimum atomic E-state index is 0.351. The summed E-state index contributed by atoms with van der Waals surface area (Å²) >= 11 is 4.93. The van der Waals surface area contributed by atoms with E-state index in [0.29, 0.717) is 16.7 Å². The van der Waals surface area contributed by atoms with Gasteiger partial charge >= 0.3 is 0 Å². The first kappa shape index (κ1) is 13.7. The summed E-state index contributed by atoms with van der Waals surface area (Å²) in [6, 6.07) is 4.59. The molecule has 0 spiro atoms. The fraction of sp³-hybridized carbons (Fsp3) is 0.571. The van der Waals surface area contributed by atoms with Gasteiger partial charge in [0.15, 0.2) is 0 Å². The second kappa shape index (κ2) is 6.03. The van der Waals surface area contributed by atoms with Crippen LogP contribution in [0.4, 0.5) is 5.69 Å². The first-order valence-electron chi connectivity index (χ1n) is 7.06. The van der Waals surface area contributed by atoms with Crippen LogP contribution >= 0.6 is 12.2 Å². The Morgan fingerprint density at radius 1 is 1.30 bits per heavy atom. The summed E-state index contributed by atoms with van der Waals surface area (Å²) in [5.41, 5.74) is 7.41. The average molecular weight is 292 g/mol. The Morgan fingerprint density at radius 2 is 2.10 bits per heavy atom. The minimum Gasteiger partial charge on any atom is -0.388 e. The number of ether oxygens (including phenoxy) is 1. The third kappa shape index (κ3) is 2.92. The predicted molar refractivity (Wildman–Crippen MR) is 83.1 cm³/mol. The van der Waals surface area contributed by atoms with Crippen LogP contribution in [0.5, 0.6) is 0 Å². The molecule has 3 rings (SSSR count). The van der Waals surface area contributed by atoms with E-state index in [1.807, 2.05) is 12.3 Å². The molecule has 2 aliphatic heterocycles. The normalized spacial score (nSPS) is 24.0. The first-order chi connectivity index (χ1) is 9.74. The SMILES string of the molecule is NC(=S)c1ccc(N2CCC(N3CCOCC3)C2)cn1. The van der Waals surface area contributed by atoms with E-state index >= 15 is 0 Å². The Balaban J connectivity index is 1.62. The molecule has 0 radical (unpaired) electrons. The fourth-order valence-electron chi connectivity index (χ4n) is 2.94.